The van der Waals surface area contributed by atoms with Crippen LogP contribution in [-0.4, -0.2) is 5.91 Å². The molecule has 2 nitrogen and oxygen atoms in total. The minimum Gasteiger partial charge on any atom is -0.345 e. The Labute approximate surface area is 128 Å². The SMILES string of the molecule is CCC(NC(=O)c1ccc(F)cc1C)c1cccc(Cl)c1. The Bertz CT molecular complexity index is 657. The number of nitrogens with one attached hydrogen (secondary N) is 1. The van der Waals surface area contributed by atoms with Crippen molar-refractivity contribution >= 4 is 17.5 Å². The van der Waals surface area contributed by atoms with Gasteiger partial charge in [0.05, 0.1) is 6.04 Å². The number of hydrogen-bond donors (Lipinski definition) is 1. The second kappa shape index (κ2) is 6.72. The molecule has 0 fully saturated rings. The van der Waals surface area contributed by atoms with Crippen LogP contribution in [0.1, 0.15) is 40.9 Å². The van der Waals surface area contributed by atoms with Crippen LogP contribution in [0.4, 0.5) is 4.39 Å². The van der Waals surface area contributed by atoms with Gasteiger partial charge in [-0.2, -0.15) is 0 Å². The average molecular weight is 306 g/mol. The summed E-state index contributed by atoms with van der Waals surface area (Å²) in [5.41, 5.74) is 2.06. The predicted octanol–water partition coefficient (Wildman–Crippen LogP) is 4.67. The van der Waals surface area contributed by atoms with E-state index in [9.17, 15) is 9.18 Å². The first-order valence-electron chi connectivity index (χ1n) is 6.83. The molecule has 0 aliphatic heterocycles. The summed E-state index contributed by atoms with van der Waals surface area (Å²) in [5, 5.41) is 3.60. The highest BCUT2D eigenvalue weighted by Gasteiger charge is 2.16. The molecule has 0 saturated carbocycles. The summed E-state index contributed by atoms with van der Waals surface area (Å²) in [6.45, 7) is 3.71. The molecule has 2 rings (SSSR count). The molecular weight excluding hydrogens is 289 g/mol. The van der Waals surface area contributed by atoms with Crippen LogP contribution in [0, 0.1) is 12.7 Å². The Morgan fingerprint density at radius 1 is 1.29 bits per heavy atom. The maximum absolute atomic E-state index is 13.1. The van der Waals surface area contributed by atoms with E-state index in [-0.39, 0.29) is 17.8 Å². The number of benzene rings is 2. The number of hydrogen-bond acceptors (Lipinski definition) is 1. The van der Waals surface area contributed by atoms with Gasteiger partial charge in [-0.05, 0) is 54.8 Å². The Kier molecular flexibility index (Phi) is 4.97. The Hall–Kier alpha value is -1.87. The third kappa shape index (κ3) is 3.82. The van der Waals surface area contributed by atoms with Crippen LogP contribution in [0.5, 0.6) is 0 Å². The zero-order valence-electron chi connectivity index (χ0n) is 12.0. The topological polar surface area (TPSA) is 29.1 Å². The molecule has 4 heteroatoms. The van der Waals surface area contributed by atoms with E-state index >= 15 is 0 Å². The summed E-state index contributed by atoms with van der Waals surface area (Å²) in [7, 11) is 0. The number of carbonyl (C=O) groups excluding carboxylic acids is 1. The molecule has 0 aliphatic rings. The van der Waals surface area contributed by atoms with Gasteiger partial charge in [0.25, 0.3) is 5.91 Å². The molecule has 110 valence electrons. The normalized spacial score (nSPS) is 12.0. The molecule has 0 aliphatic carbocycles. The summed E-state index contributed by atoms with van der Waals surface area (Å²) < 4.78 is 13.1. The highest BCUT2D eigenvalue weighted by atomic mass is 35.5. The van der Waals surface area contributed by atoms with E-state index in [0.717, 1.165) is 12.0 Å². The molecule has 1 amide bonds. The maximum atomic E-state index is 13.1. The molecule has 0 saturated heterocycles. The fourth-order valence-electron chi connectivity index (χ4n) is 2.26. The lowest BCUT2D eigenvalue weighted by Gasteiger charge is -2.18. The van der Waals surface area contributed by atoms with Crippen molar-refractivity contribution in [1.29, 1.82) is 0 Å². The van der Waals surface area contributed by atoms with Gasteiger partial charge in [0.15, 0.2) is 0 Å². The third-order valence-corrected chi connectivity index (χ3v) is 3.63. The van der Waals surface area contributed by atoms with Crippen molar-refractivity contribution in [3.05, 3.63) is 70.0 Å². The first kappa shape index (κ1) is 15.5. The molecule has 2 aromatic rings. The first-order valence-corrected chi connectivity index (χ1v) is 7.21. The number of amides is 1. The molecule has 2 aromatic carbocycles. The number of aryl methyl sites for hydroxylation is 1. The smallest absolute Gasteiger partial charge is 0.252 e. The monoisotopic (exact) mass is 305 g/mol. The molecule has 0 aromatic heterocycles. The molecular formula is C17H17ClFNO. The van der Waals surface area contributed by atoms with Crippen LogP contribution < -0.4 is 5.32 Å². The maximum Gasteiger partial charge on any atom is 0.252 e. The van der Waals surface area contributed by atoms with Gasteiger partial charge < -0.3 is 5.32 Å². The largest absolute Gasteiger partial charge is 0.345 e. The van der Waals surface area contributed by atoms with E-state index in [4.69, 9.17) is 11.6 Å². The van der Waals surface area contributed by atoms with Crippen molar-refractivity contribution in [2.75, 3.05) is 0 Å². The van der Waals surface area contributed by atoms with Crippen LogP contribution in [0.15, 0.2) is 42.5 Å². The van der Waals surface area contributed by atoms with Crippen molar-refractivity contribution in [3.8, 4) is 0 Å². The van der Waals surface area contributed by atoms with Crippen LogP contribution in [0.25, 0.3) is 0 Å². The van der Waals surface area contributed by atoms with Gasteiger partial charge in [-0.1, -0.05) is 30.7 Å². The van der Waals surface area contributed by atoms with E-state index < -0.39 is 0 Å². The Morgan fingerprint density at radius 2 is 2.05 bits per heavy atom. The minimum atomic E-state index is -0.342. The molecule has 0 radical (unpaired) electrons. The standard InChI is InChI=1S/C17H17ClFNO/c1-3-16(12-5-4-6-13(18)10-12)20-17(21)15-8-7-14(19)9-11(15)2/h4-10,16H,3H2,1-2H3,(H,20,21). The molecule has 1 N–H and O–H groups in total. The molecule has 0 heterocycles. The van der Waals surface area contributed by atoms with Gasteiger partial charge in [0.2, 0.25) is 0 Å². The number of rotatable bonds is 4. The molecule has 1 unspecified atom stereocenters. The summed E-state index contributed by atoms with van der Waals surface area (Å²) in [6.07, 6.45) is 0.742. The van der Waals surface area contributed by atoms with E-state index in [0.29, 0.717) is 16.1 Å². The second-order valence-corrected chi connectivity index (χ2v) is 5.38. The lowest BCUT2D eigenvalue weighted by molar-refractivity contribution is 0.0935. The van der Waals surface area contributed by atoms with Crippen molar-refractivity contribution in [2.45, 2.75) is 26.3 Å². The van der Waals surface area contributed by atoms with Gasteiger partial charge in [-0.25, -0.2) is 4.39 Å². The van der Waals surface area contributed by atoms with Crippen LogP contribution >= 0.6 is 11.6 Å². The van der Waals surface area contributed by atoms with Crippen molar-refractivity contribution in [2.24, 2.45) is 0 Å². The highest BCUT2D eigenvalue weighted by molar-refractivity contribution is 6.30. The lowest BCUT2D eigenvalue weighted by Crippen LogP contribution is -2.28. The van der Waals surface area contributed by atoms with E-state index in [2.05, 4.69) is 5.32 Å². The molecule has 1 atom stereocenters. The molecule has 0 spiro atoms. The summed E-state index contributed by atoms with van der Waals surface area (Å²) in [6, 6.07) is 11.5. The zero-order chi connectivity index (χ0) is 15.4. The van der Waals surface area contributed by atoms with Crippen LogP contribution in [-0.2, 0) is 0 Å². The van der Waals surface area contributed by atoms with E-state index in [1.54, 1.807) is 13.0 Å². The van der Waals surface area contributed by atoms with Crippen molar-refractivity contribution < 1.29 is 9.18 Å². The predicted molar refractivity (Wildman–Crippen MR) is 83.1 cm³/mol. The molecule has 21 heavy (non-hydrogen) atoms. The van der Waals surface area contributed by atoms with Gasteiger partial charge >= 0.3 is 0 Å². The fraction of sp³-hybridized carbons (Fsp3) is 0.235. The van der Waals surface area contributed by atoms with Crippen LogP contribution in [0.3, 0.4) is 0 Å². The number of halogens is 2. The minimum absolute atomic E-state index is 0.124. The zero-order valence-corrected chi connectivity index (χ0v) is 12.7. The molecule has 0 bridgehead atoms. The van der Waals surface area contributed by atoms with Gasteiger partial charge in [-0.3, -0.25) is 4.79 Å². The Morgan fingerprint density at radius 3 is 2.67 bits per heavy atom. The summed E-state index contributed by atoms with van der Waals surface area (Å²) in [5.74, 6) is -0.551. The van der Waals surface area contributed by atoms with Crippen molar-refractivity contribution in [1.82, 2.24) is 5.32 Å². The van der Waals surface area contributed by atoms with E-state index in [1.807, 2.05) is 25.1 Å². The van der Waals surface area contributed by atoms with Crippen LogP contribution in [0.2, 0.25) is 5.02 Å². The van der Waals surface area contributed by atoms with Gasteiger partial charge in [0, 0.05) is 10.6 Å². The average Bonchev–Trinajstić information content (AvgIpc) is 2.44. The van der Waals surface area contributed by atoms with Gasteiger partial charge in [0.1, 0.15) is 5.82 Å². The third-order valence-electron chi connectivity index (χ3n) is 3.40. The summed E-state index contributed by atoms with van der Waals surface area (Å²) in [4.78, 5) is 12.3. The highest BCUT2D eigenvalue weighted by Crippen LogP contribution is 2.21. The van der Waals surface area contributed by atoms with E-state index in [1.165, 1.54) is 18.2 Å². The quantitative estimate of drug-likeness (QED) is 0.874. The Balaban J connectivity index is 2.20. The van der Waals surface area contributed by atoms with Crippen molar-refractivity contribution in [3.63, 3.8) is 0 Å². The van der Waals surface area contributed by atoms with Gasteiger partial charge in [-0.15, -0.1) is 0 Å². The first-order chi connectivity index (χ1) is 10.0. The summed E-state index contributed by atoms with van der Waals surface area (Å²) >= 11 is 5.99. The second-order valence-electron chi connectivity index (χ2n) is 4.95. The fourth-order valence-corrected chi connectivity index (χ4v) is 2.46. The number of carbonyl (C=O) groups is 1. The lowest BCUT2D eigenvalue weighted by atomic mass is 10.0.